The lowest BCUT2D eigenvalue weighted by molar-refractivity contribution is 0.414. The molecule has 114 valence electrons. The van der Waals surface area contributed by atoms with E-state index in [-0.39, 0.29) is 5.56 Å². The first kappa shape index (κ1) is 14.2. The summed E-state index contributed by atoms with van der Waals surface area (Å²) in [5, 5.41) is 0.594. The molecule has 2 aromatic heterocycles. The number of fused-ring (bicyclic) bond motifs is 3. The molecule has 0 aliphatic rings. The van der Waals surface area contributed by atoms with Crippen LogP contribution in [0.5, 0.6) is 5.75 Å². The number of rotatable bonds is 2. The molecule has 4 rings (SSSR count). The van der Waals surface area contributed by atoms with Crippen molar-refractivity contribution >= 4 is 45.0 Å². The van der Waals surface area contributed by atoms with Crippen molar-refractivity contribution < 1.29 is 4.74 Å². The van der Waals surface area contributed by atoms with Gasteiger partial charge in [-0.15, -0.1) is 0 Å². The summed E-state index contributed by atoms with van der Waals surface area (Å²) in [7, 11) is 1.59. The summed E-state index contributed by atoms with van der Waals surface area (Å²) in [6.45, 7) is 0. The van der Waals surface area contributed by atoms with Gasteiger partial charge in [-0.05, 0) is 36.4 Å². The van der Waals surface area contributed by atoms with Crippen molar-refractivity contribution in [3.05, 3.63) is 67.9 Å². The molecule has 0 fully saturated rings. The number of ether oxygens (including phenoxy) is 1. The van der Waals surface area contributed by atoms with Gasteiger partial charge in [0.2, 0.25) is 0 Å². The van der Waals surface area contributed by atoms with Gasteiger partial charge in [0.15, 0.2) is 4.96 Å². The minimum Gasteiger partial charge on any atom is -0.496 e. The van der Waals surface area contributed by atoms with Crippen LogP contribution in [0.15, 0.2) is 47.3 Å². The van der Waals surface area contributed by atoms with Crippen molar-refractivity contribution in [2.45, 2.75) is 0 Å². The van der Waals surface area contributed by atoms with Gasteiger partial charge in [0.1, 0.15) is 5.75 Å². The number of imidazole rings is 1. The predicted octanol–water partition coefficient (Wildman–Crippen LogP) is 3.12. The molecular weight excluding hydrogens is 332 g/mol. The third kappa shape index (κ3) is 2.29. The molecule has 4 aromatic rings. The summed E-state index contributed by atoms with van der Waals surface area (Å²) in [4.78, 5) is 17.9. The number of halogens is 1. The SMILES string of the molecule is COc1ccc(Cl)cc1/C=c1\sc2nc3ccccc3n2c1=O. The molecular formula is C17H11ClN2O2S. The summed E-state index contributed by atoms with van der Waals surface area (Å²) in [6, 6.07) is 12.9. The zero-order chi connectivity index (χ0) is 16.0. The van der Waals surface area contributed by atoms with Gasteiger partial charge in [0, 0.05) is 10.6 Å². The third-order valence-corrected chi connectivity index (χ3v) is 4.83. The van der Waals surface area contributed by atoms with Crippen LogP contribution in [0.3, 0.4) is 0 Å². The van der Waals surface area contributed by atoms with E-state index >= 15 is 0 Å². The molecule has 6 heteroatoms. The number of benzene rings is 2. The Bertz CT molecular complexity index is 1150. The maximum atomic E-state index is 12.7. The van der Waals surface area contributed by atoms with Gasteiger partial charge in [-0.1, -0.05) is 35.1 Å². The minimum atomic E-state index is -0.0827. The molecule has 0 N–H and O–H groups in total. The Hall–Kier alpha value is -2.37. The zero-order valence-electron chi connectivity index (χ0n) is 12.1. The number of hydrogen-bond acceptors (Lipinski definition) is 4. The molecule has 0 amide bonds. The number of aromatic nitrogens is 2. The van der Waals surface area contributed by atoms with E-state index < -0.39 is 0 Å². The Labute approximate surface area is 140 Å². The summed E-state index contributed by atoms with van der Waals surface area (Å²) in [6.07, 6.45) is 1.79. The molecule has 23 heavy (non-hydrogen) atoms. The first-order valence-electron chi connectivity index (χ1n) is 6.92. The molecule has 4 nitrogen and oxygen atoms in total. The standard InChI is InChI=1S/C17H11ClN2O2S/c1-22-14-7-6-11(18)8-10(14)9-15-16(21)20-13-5-3-2-4-12(13)19-17(20)23-15/h2-9H,1H3/b15-9-. The van der Waals surface area contributed by atoms with Gasteiger partial charge >= 0.3 is 0 Å². The molecule has 0 bridgehead atoms. The van der Waals surface area contributed by atoms with E-state index in [2.05, 4.69) is 4.98 Å². The monoisotopic (exact) mass is 342 g/mol. The first-order valence-corrected chi connectivity index (χ1v) is 8.12. The number of para-hydroxylation sites is 2. The van der Waals surface area contributed by atoms with E-state index in [4.69, 9.17) is 16.3 Å². The first-order chi connectivity index (χ1) is 11.2. The lowest BCUT2D eigenvalue weighted by Crippen LogP contribution is -2.22. The van der Waals surface area contributed by atoms with E-state index in [9.17, 15) is 4.79 Å². The van der Waals surface area contributed by atoms with E-state index in [1.165, 1.54) is 11.3 Å². The molecule has 0 spiro atoms. The third-order valence-electron chi connectivity index (χ3n) is 3.62. The Morgan fingerprint density at radius 3 is 2.91 bits per heavy atom. The van der Waals surface area contributed by atoms with Crippen molar-refractivity contribution in [3.8, 4) is 5.75 Å². The summed E-state index contributed by atoms with van der Waals surface area (Å²) in [5.41, 5.74) is 2.33. The molecule has 2 aromatic carbocycles. The van der Waals surface area contributed by atoms with E-state index in [1.807, 2.05) is 24.3 Å². The van der Waals surface area contributed by atoms with Crippen LogP contribution in [0, 0.1) is 0 Å². The highest BCUT2D eigenvalue weighted by atomic mass is 35.5. The van der Waals surface area contributed by atoms with Gasteiger partial charge in [-0.2, -0.15) is 0 Å². The largest absolute Gasteiger partial charge is 0.496 e. The fraction of sp³-hybridized carbons (Fsp3) is 0.0588. The Morgan fingerprint density at radius 2 is 2.09 bits per heavy atom. The van der Waals surface area contributed by atoms with Crippen molar-refractivity contribution in [3.63, 3.8) is 0 Å². The second kappa shape index (κ2) is 5.37. The lowest BCUT2D eigenvalue weighted by Gasteiger charge is -2.03. The fourth-order valence-corrected chi connectivity index (χ4v) is 3.73. The molecule has 0 aliphatic heterocycles. The second-order valence-corrected chi connectivity index (χ2v) is 6.47. The van der Waals surface area contributed by atoms with Crippen LogP contribution >= 0.6 is 22.9 Å². The smallest absolute Gasteiger partial charge is 0.274 e. The van der Waals surface area contributed by atoms with Crippen molar-refractivity contribution in [2.75, 3.05) is 7.11 Å². The van der Waals surface area contributed by atoms with Crippen LogP contribution in [0.1, 0.15) is 5.56 Å². The van der Waals surface area contributed by atoms with Gasteiger partial charge in [0.25, 0.3) is 5.56 Å². The average Bonchev–Trinajstić information content (AvgIpc) is 3.05. The summed E-state index contributed by atoms with van der Waals surface area (Å²) >= 11 is 7.40. The van der Waals surface area contributed by atoms with Gasteiger partial charge in [-0.3, -0.25) is 4.79 Å². The van der Waals surface area contributed by atoms with Crippen LogP contribution in [0.4, 0.5) is 0 Å². The molecule has 2 heterocycles. The Balaban J connectivity index is 2.01. The van der Waals surface area contributed by atoms with Crippen LogP contribution in [0.25, 0.3) is 22.1 Å². The van der Waals surface area contributed by atoms with Crippen molar-refractivity contribution in [1.29, 1.82) is 0 Å². The number of nitrogens with zero attached hydrogens (tertiary/aromatic N) is 2. The van der Waals surface area contributed by atoms with Crippen LogP contribution in [0.2, 0.25) is 5.02 Å². The second-order valence-electron chi connectivity index (χ2n) is 5.02. The highest BCUT2D eigenvalue weighted by Gasteiger charge is 2.11. The normalized spacial score (nSPS) is 12.3. The molecule has 0 unspecified atom stereocenters. The van der Waals surface area contributed by atoms with E-state index in [0.29, 0.717) is 20.3 Å². The minimum absolute atomic E-state index is 0.0827. The quantitative estimate of drug-likeness (QED) is 0.562. The van der Waals surface area contributed by atoms with E-state index in [1.54, 1.807) is 35.8 Å². The average molecular weight is 343 g/mol. The molecule has 0 saturated heterocycles. The summed E-state index contributed by atoms with van der Waals surface area (Å²) in [5.74, 6) is 0.671. The predicted molar refractivity (Wildman–Crippen MR) is 93.6 cm³/mol. The number of thiazole rings is 1. The zero-order valence-corrected chi connectivity index (χ0v) is 13.7. The maximum Gasteiger partial charge on any atom is 0.274 e. The van der Waals surface area contributed by atoms with Gasteiger partial charge in [0.05, 0.1) is 22.7 Å². The molecule has 0 saturated carbocycles. The number of hydrogen-bond donors (Lipinski definition) is 0. The van der Waals surface area contributed by atoms with Gasteiger partial charge in [-0.25, -0.2) is 9.38 Å². The van der Waals surface area contributed by atoms with E-state index in [0.717, 1.165) is 16.6 Å². The summed E-state index contributed by atoms with van der Waals surface area (Å²) < 4.78 is 7.57. The van der Waals surface area contributed by atoms with Crippen LogP contribution in [-0.2, 0) is 0 Å². The topological polar surface area (TPSA) is 43.6 Å². The molecule has 0 atom stereocenters. The molecule has 0 aliphatic carbocycles. The van der Waals surface area contributed by atoms with Crippen molar-refractivity contribution in [1.82, 2.24) is 9.38 Å². The Kier molecular flexibility index (Phi) is 3.32. The van der Waals surface area contributed by atoms with Gasteiger partial charge < -0.3 is 4.74 Å². The maximum absolute atomic E-state index is 12.7. The highest BCUT2D eigenvalue weighted by Crippen LogP contribution is 2.23. The highest BCUT2D eigenvalue weighted by molar-refractivity contribution is 7.15. The van der Waals surface area contributed by atoms with Crippen LogP contribution < -0.4 is 14.8 Å². The number of methoxy groups -OCH3 is 1. The van der Waals surface area contributed by atoms with Crippen LogP contribution in [-0.4, -0.2) is 16.5 Å². The fourth-order valence-electron chi connectivity index (χ4n) is 2.57. The Morgan fingerprint density at radius 1 is 1.26 bits per heavy atom. The lowest BCUT2D eigenvalue weighted by atomic mass is 10.2. The molecule has 0 radical (unpaired) electrons. The van der Waals surface area contributed by atoms with Crippen molar-refractivity contribution in [2.24, 2.45) is 0 Å².